The Balaban J connectivity index is 1.42. The molecule has 3 heterocycles. The van der Waals surface area contributed by atoms with Gasteiger partial charge in [0.15, 0.2) is 0 Å². The number of nitrogens with zero attached hydrogens (tertiary/aromatic N) is 2. The van der Waals surface area contributed by atoms with Gasteiger partial charge in [-0.25, -0.2) is 0 Å². The van der Waals surface area contributed by atoms with Crippen molar-refractivity contribution < 1.29 is 9.59 Å². The van der Waals surface area contributed by atoms with Crippen LogP contribution in [-0.4, -0.2) is 42.4 Å². The second-order valence-electron chi connectivity index (χ2n) is 7.57. The maximum atomic E-state index is 12.9. The molecule has 2 aromatic rings. The highest BCUT2D eigenvalue weighted by Crippen LogP contribution is 2.25. The molecule has 1 aromatic carbocycles. The minimum absolute atomic E-state index is 0.0321. The second kappa shape index (κ2) is 8.78. The predicted molar refractivity (Wildman–Crippen MR) is 114 cm³/mol. The molecule has 2 fully saturated rings. The molecule has 2 aliphatic heterocycles. The van der Waals surface area contributed by atoms with Crippen molar-refractivity contribution in [3.63, 3.8) is 0 Å². The highest BCUT2D eigenvalue weighted by molar-refractivity contribution is 7.12. The number of benzene rings is 1. The number of carbonyl (C=O) groups is 2. The first kappa shape index (κ1) is 19.0. The smallest absolute Gasteiger partial charge is 0.264 e. The summed E-state index contributed by atoms with van der Waals surface area (Å²) in [4.78, 5) is 30.6. The van der Waals surface area contributed by atoms with E-state index in [0.29, 0.717) is 11.4 Å². The topological polar surface area (TPSA) is 52.7 Å². The summed E-state index contributed by atoms with van der Waals surface area (Å²) in [5.74, 6) is -0.120. The minimum atomic E-state index is -0.398. The fourth-order valence-electron chi connectivity index (χ4n) is 4.12. The molecule has 2 aliphatic rings. The van der Waals surface area contributed by atoms with E-state index in [1.807, 2.05) is 29.6 Å². The van der Waals surface area contributed by atoms with Crippen LogP contribution in [0, 0.1) is 0 Å². The lowest BCUT2D eigenvalue weighted by Crippen LogP contribution is -2.49. The second-order valence-corrected chi connectivity index (χ2v) is 8.52. The fourth-order valence-corrected chi connectivity index (χ4v) is 4.80. The average molecular weight is 398 g/mol. The van der Waals surface area contributed by atoms with Crippen LogP contribution in [0.1, 0.15) is 48.2 Å². The third-order valence-electron chi connectivity index (χ3n) is 5.65. The molecule has 1 aromatic heterocycles. The Bertz CT molecular complexity index is 798. The van der Waals surface area contributed by atoms with E-state index in [9.17, 15) is 9.59 Å². The van der Waals surface area contributed by atoms with Gasteiger partial charge in [0.1, 0.15) is 6.04 Å². The normalized spacial score (nSPS) is 20.1. The zero-order valence-corrected chi connectivity index (χ0v) is 16.9. The summed E-state index contributed by atoms with van der Waals surface area (Å²) in [7, 11) is 0. The van der Waals surface area contributed by atoms with Crippen molar-refractivity contribution in [1.82, 2.24) is 4.90 Å². The molecule has 4 rings (SSSR count). The van der Waals surface area contributed by atoms with Gasteiger partial charge in [-0.3, -0.25) is 9.59 Å². The average Bonchev–Trinajstić information content (AvgIpc) is 3.29. The molecule has 28 heavy (non-hydrogen) atoms. The van der Waals surface area contributed by atoms with E-state index in [1.54, 1.807) is 4.90 Å². The van der Waals surface area contributed by atoms with E-state index in [2.05, 4.69) is 22.3 Å². The van der Waals surface area contributed by atoms with Crippen molar-refractivity contribution in [3.8, 4) is 0 Å². The van der Waals surface area contributed by atoms with Crippen LogP contribution in [0.3, 0.4) is 0 Å². The fraction of sp³-hybridized carbons (Fsp3) is 0.455. The largest absolute Gasteiger partial charge is 0.372 e. The summed E-state index contributed by atoms with van der Waals surface area (Å²) in [6.07, 6.45) is 6.44. The Morgan fingerprint density at radius 2 is 1.68 bits per heavy atom. The van der Waals surface area contributed by atoms with E-state index in [0.717, 1.165) is 38.0 Å². The number of likely N-dealkylation sites (tertiary alicyclic amines) is 1. The standard InChI is InChI=1S/C22H27N3O2S/c26-21(19-7-2-5-15-25(19)22(27)20-8-6-16-28-20)23-17-9-11-18(12-10-17)24-13-3-1-4-14-24/h6,8-12,16,19H,1-5,7,13-15H2,(H,23,26). The van der Waals surface area contributed by atoms with Crippen molar-refractivity contribution in [3.05, 3.63) is 46.7 Å². The van der Waals surface area contributed by atoms with E-state index in [4.69, 9.17) is 0 Å². The molecule has 0 bridgehead atoms. The first-order valence-electron chi connectivity index (χ1n) is 10.2. The molecular formula is C22H27N3O2S. The molecule has 0 aliphatic carbocycles. The number of hydrogen-bond donors (Lipinski definition) is 1. The Kier molecular flexibility index (Phi) is 5.95. The number of piperidine rings is 2. The zero-order chi connectivity index (χ0) is 19.3. The Morgan fingerprint density at radius 3 is 2.39 bits per heavy atom. The van der Waals surface area contributed by atoms with E-state index >= 15 is 0 Å². The zero-order valence-electron chi connectivity index (χ0n) is 16.1. The highest BCUT2D eigenvalue weighted by atomic mass is 32.1. The first-order chi connectivity index (χ1) is 13.7. The molecule has 2 amide bonds. The molecule has 1 unspecified atom stereocenters. The monoisotopic (exact) mass is 397 g/mol. The summed E-state index contributed by atoms with van der Waals surface area (Å²) in [6.45, 7) is 2.85. The van der Waals surface area contributed by atoms with Gasteiger partial charge in [-0.1, -0.05) is 6.07 Å². The number of carbonyl (C=O) groups excluding carboxylic acids is 2. The quantitative estimate of drug-likeness (QED) is 0.833. The maximum Gasteiger partial charge on any atom is 0.264 e. The van der Waals surface area contributed by atoms with Crippen molar-refractivity contribution in [2.75, 3.05) is 29.9 Å². The lowest BCUT2D eigenvalue weighted by atomic mass is 10.0. The number of thiophene rings is 1. The van der Waals surface area contributed by atoms with Crippen molar-refractivity contribution in [2.45, 2.75) is 44.6 Å². The molecule has 2 saturated heterocycles. The van der Waals surface area contributed by atoms with Crippen LogP contribution < -0.4 is 10.2 Å². The Labute approximate surface area is 170 Å². The van der Waals surface area contributed by atoms with Gasteiger partial charge >= 0.3 is 0 Å². The van der Waals surface area contributed by atoms with E-state index < -0.39 is 6.04 Å². The molecule has 6 heteroatoms. The van der Waals surface area contributed by atoms with Gasteiger partial charge in [0.05, 0.1) is 4.88 Å². The van der Waals surface area contributed by atoms with Crippen molar-refractivity contribution in [1.29, 1.82) is 0 Å². The van der Waals surface area contributed by atoms with Crippen LogP contribution in [0.2, 0.25) is 0 Å². The molecule has 1 atom stereocenters. The molecule has 5 nitrogen and oxygen atoms in total. The lowest BCUT2D eigenvalue weighted by Gasteiger charge is -2.34. The van der Waals surface area contributed by atoms with Gasteiger partial charge in [0, 0.05) is 31.0 Å². The summed E-state index contributed by atoms with van der Waals surface area (Å²) in [5.41, 5.74) is 2.00. The molecule has 148 valence electrons. The van der Waals surface area contributed by atoms with Crippen LogP contribution in [0.5, 0.6) is 0 Å². The van der Waals surface area contributed by atoms with Gasteiger partial charge in [-0.15, -0.1) is 11.3 Å². The Morgan fingerprint density at radius 1 is 0.929 bits per heavy atom. The summed E-state index contributed by atoms with van der Waals surface area (Å²) in [5, 5.41) is 4.92. The number of amides is 2. The van der Waals surface area contributed by atoms with Gasteiger partial charge in [0.2, 0.25) is 5.91 Å². The number of anilines is 2. The molecule has 0 spiro atoms. The van der Waals surface area contributed by atoms with Gasteiger partial charge in [-0.05, 0) is 74.2 Å². The SMILES string of the molecule is O=C(Nc1ccc(N2CCCCC2)cc1)C1CCCCN1C(=O)c1cccs1. The van der Waals surface area contributed by atoms with E-state index in [-0.39, 0.29) is 11.8 Å². The van der Waals surface area contributed by atoms with E-state index in [1.165, 1.54) is 36.3 Å². The first-order valence-corrected chi connectivity index (χ1v) is 11.1. The van der Waals surface area contributed by atoms with Gasteiger partial charge < -0.3 is 15.1 Å². The molecule has 0 saturated carbocycles. The summed E-state index contributed by atoms with van der Waals surface area (Å²) in [6, 6.07) is 11.4. The lowest BCUT2D eigenvalue weighted by molar-refractivity contribution is -0.121. The summed E-state index contributed by atoms with van der Waals surface area (Å²) >= 11 is 1.43. The van der Waals surface area contributed by atoms with Crippen LogP contribution in [-0.2, 0) is 4.79 Å². The van der Waals surface area contributed by atoms with Crippen molar-refractivity contribution in [2.24, 2.45) is 0 Å². The van der Waals surface area contributed by atoms with Crippen LogP contribution >= 0.6 is 11.3 Å². The van der Waals surface area contributed by atoms with Crippen LogP contribution in [0.15, 0.2) is 41.8 Å². The third kappa shape index (κ3) is 4.22. The Hall–Kier alpha value is -2.34. The minimum Gasteiger partial charge on any atom is -0.372 e. The summed E-state index contributed by atoms with van der Waals surface area (Å²) < 4.78 is 0. The predicted octanol–water partition coefficient (Wildman–Crippen LogP) is 4.37. The number of rotatable bonds is 4. The van der Waals surface area contributed by atoms with Crippen molar-refractivity contribution >= 4 is 34.5 Å². The third-order valence-corrected chi connectivity index (χ3v) is 6.51. The molecule has 1 N–H and O–H groups in total. The molecular weight excluding hydrogens is 370 g/mol. The maximum absolute atomic E-state index is 12.9. The van der Waals surface area contributed by atoms with Gasteiger partial charge in [-0.2, -0.15) is 0 Å². The molecule has 0 radical (unpaired) electrons. The van der Waals surface area contributed by atoms with Crippen LogP contribution in [0.25, 0.3) is 0 Å². The highest BCUT2D eigenvalue weighted by Gasteiger charge is 2.33. The van der Waals surface area contributed by atoms with Crippen LogP contribution in [0.4, 0.5) is 11.4 Å². The number of nitrogens with one attached hydrogen (secondary N) is 1. The number of hydrogen-bond acceptors (Lipinski definition) is 4. The van der Waals surface area contributed by atoms with Gasteiger partial charge in [0.25, 0.3) is 5.91 Å².